The second kappa shape index (κ2) is 8.32. The summed E-state index contributed by atoms with van der Waals surface area (Å²) in [7, 11) is 1.54. The van der Waals surface area contributed by atoms with Gasteiger partial charge in [-0.3, -0.25) is 4.79 Å². The number of rotatable bonds is 5. The van der Waals surface area contributed by atoms with Crippen molar-refractivity contribution in [2.75, 3.05) is 12.4 Å². The summed E-state index contributed by atoms with van der Waals surface area (Å²) in [5, 5.41) is 12.1. The summed E-state index contributed by atoms with van der Waals surface area (Å²) in [5.74, 6) is 0.134. The number of nitrogens with one attached hydrogen (secondary N) is 1. The molecule has 24 heavy (non-hydrogen) atoms. The number of hydrogen-bond donors (Lipinski definition) is 1. The Morgan fingerprint density at radius 2 is 2.00 bits per heavy atom. The highest BCUT2D eigenvalue weighted by atomic mass is 79.9. The fourth-order valence-corrected chi connectivity index (χ4v) is 2.52. The molecule has 0 saturated carbocycles. The van der Waals surface area contributed by atoms with Gasteiger partial charge in [0, 0.05) is 15.7 Å². The van der Waals surface area contributed by atoms with Crippen LogP contribution in [0.1, 0.15) is 18.1 Å². The average Bonchev–Trinajstić information content (AvgIpc) is 2.60. The monoisotopic (exact) mass is 384 g/mol. The van der Waals surface area contributed by atoms with Gasteiger partial charge in [0.05, 0.1) is 7.11 Å². The minimum absolute atomic E-state index is 0.00553. The van der Waals surface area contributed by atoms with E-state index in [4.69, 9.17) is 4.74 Å². The largest absolute Gasteiger partial charge is 0.496 e. The third kappa shape index (κ3) is 4.46. The van der Waals surface area contributed by atoms with Crippen LogP contribution in [0.2, 0.25) is 0 Å². The Balaban J connectivity index is 2.25. The van der Waals surface area contributed by atoms with Gasteiger partial charge < -0.3 is 10.1 Å². The van der Waals surface area contributed by atoms with E-state index in [9.17, 15) is 10.1 Å². The van der Waals surface area contributed by atoms with Crippen molar-refractivity contribution in [1.29, 1.82) is 5.26 Å². The van der Waals surface area contributed by atoms with Gasteiger partial charge in [0.2, 0.25) is 0 Å². The molecule has 122 valence electrons. The Kier molecular flexibility index (Phi) is 6.16. The van der Waals surface area contributed by atoms with E-state index in [2.05, 4.69) is 28.2 Å². The van der Waals surface area contributed by atoms with E-state index in [0.29, 0.717) is 17.0 Å². The van der Waals surface area contributed by atoms with Crippen molar-refractivity contribution in [3.8, 4) is 11.8 Å². The normalized spacial score (nSPS) is 10.8. The van der Waals surface area contributed by atoms with Crippen molar-refractivity contribution in [2.45, 2.75) is 13.3 Å². The summed E-state index contributed by atoms with van der Waals surface area (Å²) in [6, 6.07) is 14.9. The zero-order chi connectivity index (χ0) is 17.5. The summed E-state index contributed by atoms with van der Waals surface area (Å²) in [6.45, 7) is 2.06. The summed E-state index contributed by atoms with van der Waals surface area (Å²) in [4.78, 5) is 12.3. The molecule has 2 aromatic carbocycles. The van der Waals surface area contributed by atoms with Crippen LogP contribution in [0.4, 0.5) is 5.69 Å². The summed E-state index contributed by atoms with van der Waals surface area (Å²) in [6.07, 6.45) is 2.44. The lowest BCUT2D eigenvalue weighted by Crippen LogP contribution is -2.13. The Bertz CT molecular complexity index is 805. The van der Waals surface area contributed by atoms with Gasteiger partial charge in [0.15, 0.2) is 0 Å². The van der Waals surface area contributed by atoms with E-state index in [1.807, 2.05) is 36.4 Å². The lowest BCUT2D eigenvalue weighted by molar-refractivity contribution is -0.112. The number of benzene rings is 2. The molecular formula is C19H17BrN2O2. The zero-order valence-corrected chi connectivity index (χ0v) is 15.1. The molecule has 0 aliphatic heterocycles. The number of aryl methyl sites for hydroxylation is 1. The molecule has 1 amide bonds. The van der Waals surface area contributed by atoms with Crippen molar-refractivity contribution >= 4 is 33.6 Å². The summed E-state index contributed by atoms with van der Waals surface area (Å²) in [5.41, 5.74) is 2.49. The molecule has 0 fully saturated rings. The van der Waals surface area contributed by atoms with Gasteiger partial charge in [-0.25, -0.2) is 0 Å². The highest BCUT2D eigenvalue weighted by molar-refractivity contribution is 9.10. The first-order chi connectivity index (χ1) is 11.6. The molecule has 0 spiro atoms. The van der Waals surface area contributed by atoms with Crippen molar-refractivity contribution in [3.05, 3.63) is 63.6 Å². The molecule has 0 unspecified atom stereocenters. The molecule has 0 aliphatic rings. The van der Waals surface area contributed by atoms with Crippen LogP contribution in [0.25, 0.3) is 6.08 Å². The highest BCUT2D eigenvalue weighted by Gasteiger charge is 2.11. The molecule has 2 rings (SSSR count). The first kappa shape index (κ1) is 17.8. The standard InChI is InChI=1S/C19H17BrN2O2/c1-3-13-4-7-17(8-5-13)22-19(23)15(12-21)10-14-11-16(20)6-9-18(14)24-2/h4-11H,3H2,1-2H3,(H,22,23)/b15-10+. The number of carbonyl (C=O) groups excluding carboxylic acids is 1. The van der Waals surface area contributed by atoms with E-state index in [1.165, 1.54) is 11.6 Å². The molecule has 0 aromatic heterocycles. The molecule has 0 radical (unpaired) electrons. The van der Waals surface area contributed by atoms with Crippen LogP contribution in [0, 0.1) is 11.3 Å². The van der Waals surface area contributed by atoms with Crippen LogP contribution in [0.3, 0.4) is 0 Å². The van der Waals surface area contributed by atoms with Crippen LogP contribution in [0.5, 0.6) is 5.75 Å². The number of halogens is 1. The molecule has 0 aliphatic carbocycles. The number of nitrogens with zero attached hydrogens (tertiary/aromatic N) is 1. The van der Waals surface area contributed by atoms with Gasteiger partial charge in [-0.05, 0) is 48.4 Å². The fourth-order valence-electron chi connectivity index (χ4n) is 2.14. The van der Waals surface area contributed by atoms with Crippen LogP contribution in [-0.2, 0) is 11.2 Å². The smallest absolute Gasteiger partial charge is 0.266 e. The van der Waals surface area contributed by atoms with Crippen molar-refractivity contribution in [1.82, 2.24) is 0 Å². The number of hydrogen-bond acceptors (Lipinski definition) is 3. The molecule has 1 N–H and O–H groups in total. The highest BCUT2D eigenvalue weighted by Crippen LogP contribution is 2.25. The number of nitriles is 1. The molecule has 0 atom stereocenters. The van der Waals surface area contributed by atoms with E-state index < -0.39 is 5.91 Å². The van der Waals surface area contributed by atoms with Crippen LogP contribution < -0.4 is 10.1 Å². The number of methoxy groups -OCH3 is 1. The van der Waals surface area contributed by atoms with Gasteiger partial charge in [-0.2, -0.15) is 5.26 Å². The van der Waals surface area contributed by atoms with Crippen molar-refractivity contribution in [3.63, 3.8) is 0 Å². The molecule has 5 heteroatoms. The van der Waals surface area contributed by atoms with E-state index in [0.717, 1.165) is 10.9 Å². The Hall–Kier alpha value is -2.58. The molecular weight excluding hydrogens is 368 g/mol. The van der Waals surface area contributed by atoms with Gasteiger partial charge in [0.1, 0.15) is 17.4 Å². The third-order valence-corrected chi connectivity index (χ3v) is 3.97. The first-order valence-corrected chi connectivity index (χ1v) is 8.22. The van der Waals surface area contributed by atoms with Gasteiger partial charge >= 0.3 is 0 Å². The van der Waals surface area contributed by atoms with Crippen molar-refractivity contribution in [2.24, 2.45) is 0 Å². The first-order valence-electron chi connectivity index (χ1n) is 7.43. The minimum atomic E-state index is -0.455. The molecule has 0 saturated heterocycles. The van der Waals surface area contributed by atoms with Gasteiger partial charge in [-0.15, -0.1) is 0 Å². The maximum Gasteiger partial charge on any atom is 0.266 e. The number of anilines is 1. The van der Waals surface area contributed by atoms with Crippen molar-refractivity contribution < 1.29 is 9.53 Å². The second-order valence-corrected chi connectivity index (χ2v) is 5.98. The Labute approximate surface area is 149 Å². The number of amides is 1. The quantitative estimate of drug-likeness (QED) is 0.606. The SMILES string of the molecule is CCc1ccc(NC(=O)/C(C#N)=C/c2cc(Br)ccc2OC)cc1. The molecule has 2 aromatic rings. The fraction of sp³-hybridized carbons (Fsp3) is 0.158. The summed E-state index contributed by atoms with van der Waals surface area (Å²) < 4.78 is 6.10. The summed E-state index contributed by atoms with van der Waals surface area (Å²) >= 11 is 3.37. The number of carbonyl (C=O) groups is 1. The number of ether oxygens (including phenoxy) is 1. The van der Waals surface area contributed by atoms with Crippen LogP contribution in [0.15, 0.2) is 52.5 Å². The van der Waals surface area contributed by atoms with E-state index in [1.54, 1.807) is 19.2 Å². The molecule has 4 nitrogen and oxygen atoms in total. The van der Waals surface area contributed by atoms with Crippen LogP contribution in [-0.4, -0.2) is 13.0 Å². The lowest BCUT2D eigenvalue weighted by Gasteiger charge is -2.07. The maximum absolute atomic E-state index is 12.3. The molecule has 0 heterocycles. The topological polar surface area (TPSA) is 62.1 Å². The van der Waals surface area contributed by atoms with E-state index >= 15 is 0 Å². The Morgan fingerprint density at radius 3 is 2.58 bits per heavy atom. The predicted molar refractivity (Wildman–Crippen MR) is 98.7 cm³/mol. The Morgan fingerprint density at radius 1 is 1.29 bits per heavy atom. The molecule has 0 bridgehead atoms. The predicted octanol–water partition coefficient (Wildman–Crippen LogP) is 4.57. The maximum atomic E-state index is 12.3. The second-order valence-electron chi connectivity index (χ2n) is 5.06. The average molecular weight is 385 g/mol. The lowest BCUT2D eigenvalue weighted by atomic mass is 10.1. The minimum Gasteiger partial charge on any atom is -0.496 e. The third-order valence-electron chi connectivity index (χ3n) is 3.48. The van der Waals surface area contributed by atoms with Crippen LogP contribution >= 0.6 is 15.9 Å². The van der Waals surface area contributed by atoms with E-state index in [-0.39, 0.29) is 5.57 Å². The zero-order valence-electron chi connectivity index (χ0n) is 13.5. The van der Waals surface area contributed by atoms with Gasteiger partial charge in [-0.1, -0.05) is 35.0 Å². The van der Waals surface area contributed by atoms with Gasteiger partial charge in [0.25, 0.3) is 5.91 Å².